The van der Waals surface area contributed by atoms with Crippen LogP contribution in [-0.2, 0) is 4.74 Å². The molecule has 3 heteroatoms. The average Bonchev–Trinajstić information content (AvgIpc) is 2.01. The van der Waals surface area contributed by atoms with E-state index in [2.05, 4.69) is 6.92 Å². The maximum atomic E-state index is 9.00. The normalized spacial score (nSPS) is 19.6. The van der Waals surface area contributed by atoms with E-state index < -0.39 is 0 Å². The van der Waals surface area contributed by atoms with Crippen LogP contribution in [-0.4, -0.2) is 30.5 Å². The van der Waals surface area contributed by atoms with Crippen molar-refractivity contribution in [2.45, 2.75) is 45.8 Å². The van der Waals surface area contributed by atoms with E-state index in [0.717, 1.165) is 0 Å². The maximum Gasteiger partial charge on any atom is 0.0614 e. The van der Waals surface area contributed by atoms with E-state index in [0.29, 0.717) is 6.42 Å². The predicted octanol–water partition coefficient (Wildman–Crippen LogP) is 1.15. The van der Waals surface area contributed by atoms with Crippen LogP contribution in [0.4, 0.5) is 0 Å². The Morgan fingerprint density at radius 3 is 2.08 bits per heavy atom. The van der Waals surface area contributed by atoms with Crippen molar-refractivity contribution in [2.24, 2.45) is 11.1 Å². The van der Waals surface area contributed by atoms with E-state index >= 15 is 0 Å². The van der Waals surface area contributed by atoms with E-state index in [1.165, 1.54) is 0 Å². The fraction of sp³-hybridized carbons (Fsp3) is 1.00. The summed E-state index contributed by atoms with van der Waals surface area (Å²) in [5.74, 6) is 0. The van der Waals surface area contributed by atoms with Gasteiger partial charge in [-0.2, -0.15) is 0 Å². The summed E-state index contributed by atoms with van der Waals surface area (Å²) >= 11 is 0. The first-order valence-corrected chi connectivity index (χ1v) is 4.72. The van der Waals surface area contributed by atoms with Crippen molar-refractivity contribution < 1.29 is 9.84 Å². The fourth-order valence-electron chi connectivity index (χ4n) is 1.54. The molecule has 0 amide bonds. The molecular weight excluding hydrogens is 166 g/mol. The van der Waals surface area contributed by atoms with Gasteiger partial charge in [-0.25, -0.2) is 0 Å². The first kappa shape index (κ1) is 12.9. The van der Waals surface area contributed by atoms with Crippen LogP contribution in [0.1, 0.15) is 34.1 Å². The SMILES string of the molecule is COC(C)C(C)(CCO)C(C)(C)N. The highest BCUT2D eigenvalue weighted by atomic mass is 16.5. The minimum absolute atomic E-state index is 0.0413. The molecule has 0 aliphatic carbocycles. The van der Waals surface area contributed by atoms with Crippen LogP contribution < -0.4 is 5.73 Å². The molecule has 13 heavy (non-hydrogen) atoms. The lowest BCUT2D eigenvalue weighted by molar-refractivity contribution is -0.0417. The first-order chi connectivity index (χ1) is 5.79. The maximum absolute atomic E-state index is 9.00. The quantitative estimate of drug-likeness (QED) is 0.682. The number of hydrogen-bond acceptors (Lipinski definition) is 3. The van der Waals surface area contributed by atoms with Gasteiger partial charge in [0.25, 0.3) is 0 Å². The molecule has 0 saturated heterocycles. The van der Waals surface area contributed by atoms with Gasteiger partial charge in [0.05, 0.1) is 6.10 Å². The van der Waals surface area contributed by atoms with Gasteiger partial charge in [0.1, 0.15) is 0 Å². The molecule has 0 aliphatic rings. The van der Waals surface area contributed by atoms with Crippen LogP contribution in [0.2, 0.25) is 0 Å². The highest BCUT2D eigenvalue weighted by molar-refractivity contribution is 4.97. The number of aliphatic hydroxyl groups excluding tert-OH is 1. The number of rotatable bonds is 5. The summed E-state index contributed by atoms with van der Waals surface area (Å²) in [4.78, 5) is 0. The molecule has 80 valence electrons. The summed E-state index contributed by atoms with van der Waals surface area (Å²) in [5, 5.41) is 9.00. The molecule has 0 aromatic carbocycles. The summed E-state index contributed by atoms with van der Waals surface area (Å²) in [5.41, 5.74) is 5.53. The summed E-state index contributed by atoms with van der Waals surface area (Å²) in [6, 6.07) is 0. The molecule has 0 fully saturated rings. The highest BCUT2D eigenvalue weighted by Gasteiger charge is 2.42. The molecule has 0 aromatic heterocycles. The van der Waals surface area contributed by atoms with Gasteiger partial charge in [-0.15, -0.1) is 0 Å². The molecule has 0 aliphatic heterocycles. The number of nitrogens with two attached hydrogens (primary N) is 1. The van der Waals surface area contributed by atoms with E-state index in [9.17, 15) is 0 Å². The molecule has 0 spiro atoms. The second kappa shape index (κ2) is 4.40. The van der Waals surface area contributed by atoms with Gasteiger partial charge >= 0.3 is 0 Å². The Bertz CT molecular complexity index is 153. The molecule has 2 unspecified atom stereocenters. The molecule has 0 radical (unpaired) electrons. The molecule has 0 rings (SSSR count). The lowest BCUT2D eigenvalue weighted by atomic mass is 9.68. The Morgan fingerprint density at radius 1 is 1.38 bits per heavy atom. The predicted molar refractivity (Wildman–Crippen MR) is 54.5 cm³/mol. The van der Waals surface area contributed by atoms with Crippen molar-refractivity contribution in [3.05, 3.63) is 0 Å². The average molecular weight is 189 g/mol. The van der Waals surface area contributed by atoms with E-state index in [1.807, 2.05) is 20.8 Å². The van der Waals surface area contributed by atoms with Gasteiger partial charge in [0.2, 0.25) is 0 Å². The van der Waals surface area contributed by atoms with Gasteiger partial charge in [-0.1, -0.05) is 6.92 Å². The zero-order valence-electron chi connectivity index (χ0n) is 9.42. The molecule has 2 atom stereocenters. The topological polar surface area (TPSA) is 55.5 Å². The molecule has 3 N–H and O–H groups in total. The van der Waals surface area contributed by atoms with Gasteiger partial charge in [0.15, 0.2) is 0 Å². The molecule has 0 heterocycles. The molecule has 3 nitrogen and oxygen atoms in total. The second-order valence-corrected chi connectivity index (χ2v) is 4.49. The number of hydrogen-bond donors (Lipinski definition) is 2. The highest BCUT2D eigenvalue weighted by Crippen LogP contribution is 2.37. The molecule has 0 saturated carbocycles. The fourth-order valence-corrected chi connectivity index (χ4v) is 1.54. The van der Waals surface area contributed by atoms with Crippen molar-refractivity contribution in [3.8, 4) is 0 Å². The van der Waals surface area contributed by atoms with E-state index in [4.69, 9.17) is 15.6 Å². The summed E-state index contributed by atoms with van der Waals surface area (Å²) in [7, 11) is 1.67. The number of methoxy groups -OCH3 is 1. The van der Waals surface area contributed by atoms with Crippen molar-refractivity contribution in [3.63, 3.8) is 0 Å². The zero-order valence-corrected chi connectivity index (χ0v) is 9.42. The molecule has 0 bridgehead atoms. The smallest absolute Gasteiger partial charge is 0.0614 e. The van der Waals surface area contributed by atoms with Crippen molar-refractivity contribution in [1.82, 2.24) is 0 Å². The zero-order chi connectivity index (χ0) is 10.7. The lowest BCUT2D eigenvalue weighted by Crippen LogP contribution is -2.55. The summed E-state index contributed by atoms with van der Waals surface area (Å²) in [6.45, 7) is 8.13. The monoisotopic (exact) mass is 189 g/mol. The Balaban J connectivity index is 4.72. The van der Waals surface area contributed by atoms with Crippen molar-refractivity contribution in [2.75, 3.05) is 13.7 Å². The third-order valence-electron chi connectivity index (χ3n) is 3.35. The van der Waals surface area contributed by atoms with Gasteiger partial charge in [-0.3, -0.25) is 0 Å². The third kappa shape index (κ3) is 2.66. The largest absolute Gasteiger partial charge is 0.396 e. The standard InChI is InChI=1S/C10H23NO2/c1-8(13-5)10(4,6-7-12)9(2,3)11/h8,12H,6-7,11H2,1-5H3. The lowest BCUT2D eigenvalue weighted by Gasteiger charge is -2.45. The van der Waals surface area contributed by atoms with Gasteiger partial charge in [0, 0.05) is 24.7 Å². The summed E-state index contributed by atoms with van der Waals surface area (Å²) in [6.07, 6.45) is 0.700. The Kier molecular flexibility index (Phi) is 4.36. The van der Waals surface area contributed by atoms with E-state index in [1.54, 1.807) is 7.11 Å². The number of aliphatic hydroxyl groups is 1. The minimum Gasteiger partial charge on any atom is -0.396 e. The Labute approximate surface area is 81.3 Å². The molecule has 0 aromatic rings. The third-order valence-corrected chi connectivity index (χ3v) is 3.35. The van der Waals surface area contributed by atoms with Gasteiger partial charge in [-0.05, 0) is 27.2 Å². The first-order valence-electron chi connectivity index (χ1n) is 4.72. The van der Waals surface area contributed by atoms with Crippen LogP contribution in [0, 0.1) is 5.41 Å². The number of ether oxygens (including phenoxy) is 1. The van der Waals surface area contributed by atoms with Crippen LogP contribution >= 0.6 is 0 Å². The minimum atomic E-state index is -0.356. The van der Waals surface area contributed by atoms with Crippen LogP contribution in [0.25, 0.3) is 0 Å². The van der Waals surface area contributed by atoms with Crippen LogP contribution in [0.3, 0.4) is 0 Å². The van der Waals surface area contributed by atoms with Crippen molar-refractivity contribution >= 4 is 0 Å². The Morgan fingerprint density at radius 2 is 1.85 bits per heavy atom. The van der Waals surface area contributed by atoms with Crippen LogP contribution in [0.15, 0.2) is 0 Å². The van der Waals surface area contributed by atoms with Crippen LogP contribution in [0.5, 0.6) is 0 Å². The summed E-state index contributed by atoms with van der Waals surface area (Å²) < 4.78 is 5.30. The van der Waals surface area contributed by atoms with Crippen molar-refractivity contribution in [1.29, 1.82) is 0 Å². The van der Waals surface area contributed by atoms with E-state index in [-0.39, 0.29) is 23.7 Å². The second-order valence-electron chi connectivity index (χ2n) is 4.49. The van der Waals surface area contributed by atoms with Gasteiger partial charge < -0.3 is 15.6 Å². The Hall–Kier alpha value is -0.120. The molecular formula is C10H23NO2.